The second kappa shape index (κ2) is 5.85. The molecule has 0 amide bonds. The third kappa shape index (κ3) is 4.08. The quantitative estimate of drug-likeness (QED) is 0.809. The maximum absolute atomic E-state index is 3.58. The molecule has 2 unspecified atom stereocenters. The first-order valence-corrected chi connectivity index (χ1v) is 7.79. The molecule has 0 saturated heterocycles. The van der Waals surface area contributed by atoms with Crippen LogP contribution in [-0.2, 0) is 0 Å². The van der Waals surface area contributed by atoms with Crippen molar-refractivity contribution in [1.82, 2.24) is 5.32 Å². The molecule has 0 aromatic carbocycles. The van der Waals surface area contributed by atoms with Crippen LogP contribution in [0.1, 0.15) is 50.6 Å². The lowest BCUT2D eigenvalue weighted by Gasteiger charge is -2.30. The number of hydrogen-bond donors (Lipinski definition) is 1. The van der Waals surface area contributed by atoms with Crippen molar-refractivity contribution in [2.24, 2.45) is 11.3 Å². The zero-order valence-corrected chi connectivity index (χ0v) is 14.1. The van der Waals surface area contributed by atoms with Gasteiger partial charge in [-0.2, -0.15) is 0 Å². The Bertz CT molecular complexity index is 365. The Hall–Kier alpha value is 0.140. The number of halogens is 1. The molecule has 1 nitrogen and oxygen atoms in total. The molecule has 0 aliphatic rings. The van der Waals surface area contributed by atoms with E-state index < -0.39 is 0 Å². The molecule has 1 N–H and O–H groups in total. The SMILES string of the molecule is CNC(CC(C)C(C)(C)C)c1cc(Br)sc1C. The molecule has 1 aromatic rings. The second-order valence-electron chi connectivity index (χ2n) is 5.91. The Morgan fingerprint density at radius 3 is 2.35 bits per heavy atom. The van der Waals surface area contributed by atoms with Gasteiger partial charge in [0.15, 0.2) is 0 Å². The average molecular weight is 318 g/mol. The monoisotopic (exact) mass is 317 g/mol. The van der Waals surface area contributed by atoms with Crippen LogP contribution in [0.25, 0.3) is 0 Å². The summed E-state index contributed by atoms with van der Waals surface area (Å²) in [5.74, 6) is 0.693. The summed E-state index contributed by atoms with van der Waals surface area (Å²) in [6, 6.07) is 2.73. The molecule has 2 atom stereocenters. The summed E-state index contributed by atoms with van der Waals surface area (Å²) in [5.41, 5.74) is 1.82. The molecule has 3 heteroatoms. The van der Waals surface area contributed by atoms with Gasteiger partial charge in [0.2, 0.25) is 0 Å². The van der Waals surface area contributed by atoms with E-state index in [1.54, 1.807) is 0 Å². The third-order valence-corrected chi connectivity index (χ3v) is 5.29. The first-order chi connectivity index (χ1) is 7.75. The lowest BCUT2D eigenvalue weighted by Crippen LogP contribution is -2.25. The summed E-state index contributed by atoms with van der Waals surface area (Å²) in [6.45, 7) is 11.5. The summed E-state index contributed by atoms with van der Waals surface area (Å²) < 4.78 is 1.23. The summed E-state index contributed by atoms with van der Waals surface area (Å²) in [7, 11) is 2.06. The number of nitrogens with one attached hydrogen (secondary N) is 1. The predicted octanol–water partition coefficient (Wildman–Crippen LogP) is 5.15. The molecule has 98 valence electrons. The highest BCUT2D eigenvalue weighted by Gasteiger charge is 2.25. The van der Waals surface area contributed by atoms with Crippen molar-refractivity contribution < 1.29 is 0 Å². The highest BCUT2D eigenvalue weighted by Crippen LogP contribution is 2.37. The lowest BCUT2D eigenvalue weighted by molar-refractivity contribution is 0.226. The van der Waals surface area contributed by atoms with Crippen LogP contribution in [0, 0.1) is 18.3 Å². The van der Waals surface area contributed by atoms with Crippen LogP contribution in [0.4, 0.5) is 0 Å². The van der Waals surface area contributed by atoms with E-state index in [1.165, 1.54) is 20.6 Å². The van der Waals surface area contributed by atoms with E-state index in [4.69, 9.17) is 0 Å². The van der Waals surface area contributed by atoms with Gasteiger partial charge in [-0.3, -0.25) is 0 Å². The fourth-order valence-electron chi connectivity index (χ4n) is 1.91. The third-order valence-electron chi connectivity index (χ3n) is 3.72. The van der Waals surface area contributed by atoms with E-state index in [-0.39, 0.29) is 0 Å². The van der Waals surface area contributed by atoms with Gasteiger partial charge in [-0.25, -0.2) is 0 Å². The van der Waals surface area contributed by atoms with E-state index in [9.17, 15) is 0 Å². The van der Waals surface area contributed by atoms with Gasteiger partial charge in [-0.15, -0.1) is 11.3 Å². The highest BCUT2D eigenvalue weighted by molar-refractivity contribution is 9.11. The van der Waals surface area contributed by atoms with Crippen molar-refractivity contribution >= 4 is 27.3 Å². The molecule has 0 saturated carbocycles. The summed E-state index contributed by atoms with van der Waals surface area (Å²) >= 11 is 5.40. The van der Waals surface area contributed by atoms with E-state index >= 15 is 0 Å². The Morgan fingerprint density at radius 1 is 1.41 bits per heavy atom. The molecular weight excluding hydrogens is 294 g/mol. The van der Waals surface area contributed by atoms with Crippen molar-refractivity contribution in [3.05, 3.63) is 20.3 Å². The molecule has 0 aliphatic heterocycles. The van der Waals surface area contributed by atoms with E-state index in [2.05, 4.69) is 69.0 Å². The number of rotatable bonds is 4. The topological polar surface area (TPSA) is 12.0 Å². The molecule has 1 rings (SSSR count). The second-order valence-corrected chi connectivity index (χ2v) is 8.54. The Labute approximate surface area is 118 Å². The zero-order chi connectivity index (χ0) is 13.2. The van der Waals surface area contributed by atoms with E-state index in [0.29, 0.717) is 17.4 Å². The van der Waals surface area contributed by atoms with Gasteiger partial charge in [0.25, 0.3) is 0 Å². The Morgan fingerprint density at radius 2 is 2.00 bits per heavy atom. The largest absolute Gasteiger partial charge is 0.313 e. The van der Waals surface area contributed by atoms with Gasteiger partial charge >= 0.3 is 0 Å². The molecule has 0 spiro atoms. The van der Waals surface area contributed by atoms with Crippen LogP contribution >= 0.6 is 27.3 Å². The van der Waals surface area contributed by atoms with Gasteiger partial charge < -0.3 is 5.32 Å². The van der Waals surface area contributed by atoms with Gasteiger partial charge in [0.05, 0.1) is 3.79 Å². The van der Waals surface area contributed by atoms with Crippen molar-refractivity contribution in [2.45, 2.75) is 47.1 Å². The van der Waals surface area contributed by atoms with Crippen molar-refractivity contribution in [2.75, 3.05) is 7.05 Å². The van der Waals surface area contributed by atoms with Crippen LogP contribution in [0.15, 0.2) is 9.85 Å². The minimum Gasteiger partial charge on any atom is -0.313 e. The van der Waals surface area contributed by atoms with Crippen LogP contribution < -0.4 is 5.32 Å². The number of hydrogen-bond acceptors (Lipinski definition) is 2. The maximum atomic E-state index is 3.58. The van der Waals surface area contributed by atoms with Crippen molar-refractivity contribution in [3.63, 3.8) is 0 Å². The van der Waals surface area contributed by atoms with Crippen molar-refractivity contribution in [1.29, 1.82) is 0 Å². The molecule has 0 radical (unpaired) electrons. The standard InChI is InChI=1S/C14H24BrNS/c1-9(14(3,4)5)7-12(16-6)11-8-13(15)17-10(11)2/h8-9,12,16H,7H2,1-6H3. The minimum absolute atomic E-state index is 0.371. The molecule has 0 bridgehead atoms. The van der Waals surface area contributed by atoms with Crippen LogP contribution in [-0.4, -0.2) is 7.05 Å². The molecule has 17 heavy (non-hydrogen) atoms. The number of aryl methyl sites for hydroxylation is 1. The summed E-state index contributed by atoms with van der Waals surface area (Å²) in [6.07, 6.45) is 1.18. The smallest absolute Gasteiger partial charge is 0.0704 e. The van der Waals surface area contributed by atoms with E-state index in [0.717, 1.165) is 0 Å². The predicted molar refractivity (Wildman–Crippen MR) is 81.8 cm³/mol. The normalized spacial score (nSPS) is 15.9. The molecule has 1 heterocycles. The molecule has 1 aromatic heterocycles. The fraction of sp³-hybridized carbons (Fsp3) is 0.714. The fourth-order valence-corrected chi connectivity index (χ4v) is 3.68. The molecule has 0 fully saturated rings. The Balaban J connectivity index is 2.83. The van der Waals surface area contributed by atoms with Gasteiger partial charge in [-0.05, 0) is 59.3 Å². The summed E-state index contributed by atoms with van der Waals surface area (Å²) in [5, 5.41) is 3.46. The average Bonchev–Trinajstić information content (AvgIpc) is 2.52. The zero-order valence-electron chi connectivity index (χ0n) is 11.7. The van der Waals surface area contributed by atoms with Crippen LogP contribution in [0.5, 0.6) is 0 Å². The van der Waals surface area contributed by atoms with Crippen LogP contribution in [0.2, 0.25) is 0 Å². The summed E-state index contributed by atoms with van der Waals surface area (Å²) in [4.78, 5) is 1.41. The van der Waals surface area contributed by atoms with Gasteiger partial charge in [0, 0.05) is 10.9 Å². The molecule has 0 aliphatic carbocycles. The minimum atomic E-state index is 0.371. The lowest BCUT2D eigenvalue weighted by atomic mass is 9.77. The highest BCUT2D eigenvalue weighted by atomic mass is 79.9. The van der Waals surface area contributed by atoms with Gasteiger partial charge in [0.1, 0.15) is 0 Å². The maximum Gasteiger partial charge on any atom is 0.0704 e. The first-order valence-electron chi connectivity index (χ1n) is 6.18. The van der Waals surface area contributed by atoms with E-state index in [1.807, 2.05) is 11.3 Å². The first kappa shape index (κ1) is 15.2. The van der Waals surface area contributed by atoms with Gasteiger partial charge in [-0.1, -0.05) is 27.7 Å². The Kier molecular flexibility index (Phi) is 5.23. The number of thiophene rings is 1. The molecular formula is C14H24BrNS. The van der Waals surface area contributed by atoms with Crippen LogP contribution in [0.3, 0.4) is 0 Å². The van der Waals surface area contributed by atoms with Crippen molar-refractivity contribution in [3.8, 4) is 0 Å².